The van der Waals surface area contributed by atoms with Gasteiger partial charge in [-0.3, -0.25) is 14.9 Å². The van der Waals surface area contributed by atoms with Gasteiger partial charge in [-0.1, -0.05) is 48.5 Å². The summed E-state index contributed by atoms with van der Waals surface area (Å²) < 4.78 is 11.6. The van der Waals surface area contributed by atoms with Crippen molar-refractivity contribution in [2.45, 2.75) is 6.61 Å². The van der Waals surface area contributed by atoms with Crippen LogP contribution >= 0.6 is 0 Å². The molecule has 4 aromatic carbocycles. The molecule has 0 aliphatic heterocycles. The quantitative estimate of drug-likeness (QED) is 0.177. The second-order valence-electron chi connectivity index (χ2n) is 8.05. The highest BCUT2D eigenvalue weighted by molar-refractivity contribution is 6.03. The number of amides is 1. The number of benzene rings is 4. The summed E-state index contributed by atoms with van der Waals surface area (Å²) in [6.45, 7) is 0.181. The number of carbonyl (C=O) groups is 1. The van der Waals surface area contributed by atoms with Crippen molar-refractivity contribution in [1.82, 2.24) is 5.43 Å². The standard InChI is InChI=1S/C28H18N4O5/c29-15-19-6-1-2-7-20(19)17-36-26-11-9-18-5-3-4-8-23(18)24(26)16-30-31-28(33)27-14-21-13-22(32(34)35)10-12-25(21)37-27/h1-14,16H,17H2,(H,31,33)/b30-16+. The minimum absolute atomic E-state index is 0.0323. The Labute approximate surface area is 210 Å². The van der Waals surface area contributed by atoms with Crippen molar-refractivity contribution in [2.75, 3.05) is 0 Å². The number of nitriles is 1. The number of hydrazone groups is 1. The number of furan rings is 1. The molecule has 0 saturated heterocycles. The van der Waals surface area contributed by atoms with Crippen molar-refractivity contribution in [2.24, 2.45) is 5.10 Å². The maximum atomic E-state index is 12.6. The maximum Gasteiger partial charge on any atom is 0.307 e. The zero-order valence-corrected chi connectivity index (χ0v) is 19.3. The van der Waals surface area contributed by atoms with Crippen LogP contribution in [0, 0.1) is 21.4 Å². The van der Waals surface area contributed by atoms with Crippen LogP contribution in [0.5, 0.6) is 5.75 Å². The normalized spacial score (nSPS) is 11.0. The highest BCUT2D eigenvalue weighted by Crippen LogP contribution is 2.28. The lowest BCUT2D eigenvalue weighted by Crippen LogP contribution is -2.16. The summed E-state index contributed by atoms with van der Waals surface area (Å²) >= 11 is 0. The minimum atomic E-state index is -0.610. The fraction of sp³-hybridized carbons (Fsp3) is 0.0357. The molecule has 1 heterocycles. The van der Waals surface area contributed by atoms with Crippen molar-refractivity contribution in [3.05, 3.63) is 117 Å². The van der Waals surface area contributed by atoms with E-state index in [4.69, 9.17) is 9.15 Å². The first kappa shape index (κ1) is 23.3. The monoisotopic (exact) mass is 490 g/mol. The first-order chi connectivity index (χ1) is 18.0. The van der Waals surface area contributed by atoms with Crippen LogP contribution in [-0.2, 0) is 6.61 Å². The first-order valence-corrected chi connectivity index (χ1v) is 11.2. The highest BCUT2D eigenvalue weighted by atomic mass is 16.6. The van der Waals surface area contributed by atoms with Crippen molar-refractivity contribution in [3.8, 4) is 11.8 Å². The third-order valence-electron chi connectivity index (χ3n) is 5.75. The molecule has 5 rings (SSSR count). The van der Waals surface area contributed by atoms with E-state index in [0.717, 1.165) is 16.3 Å². The Kier molecular flexibility index (Phi) is 6.30. The van der Waals surface area contributed by atoms with Gasteiger partial charge in [0.25, 0.3) is 5.69 Å². The van der Waals surface area contributed by atoms with Crippen LogP contribution in [0.15, 0.2) is 94.4 Å². The summed E-state index contributed by atoms with van der Waals surface area (Å²) in [6.07, 6.45) is 1.49. The molecule has 0 aliphatic carbocycles. The lowest BCUT2D eigenvalue weighted by Gasteiger charge is -2.12. The summed E-state index contributed by atoms with van der Waals surface area (Å²) in [5.74, 6) is -0.114. The Morgan fingerprint density at radius 1 is 1.05 bits per heavy atom. The van der Waals surface area contributed by atoms with Gasteiger partial charge in [0.1, 0.15) is 17.9 Å². The van der Waals surface area contributed by atoms with Crippen LogP contribution in [0.3, 0.4) is 0 Å². The topological polar surface area (TPSA) is 131 Å². The molecule has 1 amide bonds. The number of nitrogens with zero attached hydrogens (tertiary/aromatic N) is 3. The third kappa shape index (κ3) is 4.85. The van der Waals surface area contributed by atoms with E-state index in [2.05, 4.69) is 16.6 Å². The Bertz CT molecular complexity index is 1730. The Balaban J connectivity index is 1.39. The van der Waals surface area contributed by atoms with Gasteiger partial charge < -0.3 is 9.15 Å². The number of nitrogens with one attached hydrogen (secondary N) is 1. The molecule has 0 fully saturated rings. The molecule has 0 spiro atoms. The first-order valence-electron chi connectivity index (χ1n) is 11.2. The molecule has 0 bridgehead atoms. The number of rotatable bonds is 7. The predicted molar refractivity (Wildman–Crippen MR) is 137 cm³/mol. The molecule has 9 heteroatoms. The van der Waals surface area contributed by atoms with E-state index >= 15 is 0 Å². The zero-order chi connectivity index (χ0) is 25.8. The van der Waals surface area contributed by atoms with Gasteiger partial charge in [-0.2, -0.15) is 10.4 Å². The second kappa shape index (κ2) is 10.0. The average Bonchev–Trinajstić information content (AvgIpc) is 3.36. The van der Waals surface area contributed by atoms with Crippen molar-refractivity contribution >= 4 is 39.6 Å². The van der Waals surface area contributed by atoms with Crippen LogP contribution in [-0.4, -0.2) is 17.0 Å². The van der Waals surface area contributed by atoms with E-state index in [9.17, 15) is 20.2 Å². The maximum absolute atomic E-state index is 12.6. The molecular weight excluding hydrogens is 472 g/mol. The van der Waals surface area contributed by atoms with Gasteiger partial charge in [0.05, 0.1) is 22.8 Å². The van der Waals surface area contributed by atoms with E-state index in [-0.39, 0.29) is 18.1 Å². The number of hydrogen-bond donors (Lipinski definition) is 1. The van der Waals surface area contributed by atoms with Crippen LogP contribution in [0.4, 0.5) is 5.69 Å². The molecule has 0 atom stereocenters. The van der Waals surface area contributed by atoms with Crippen LogP contribution in [0.1, 0.15) is 27.2 Å². The molecule has 0 unspecified atom stereocenters. The second-order valence-corrected chi connectivity index (χ2v) is 8.05. The van der Waals surface area contributed by atoms with Gasteiger partial charge in [-0.05, 0) is 35.0 Å². The molecule has 5 aromatic rings. The average molecular weight is 490 g/mol. The number of nitro benzene ring substituents is 1. The summed E-state index contributed by atoms with van der Waals surface area (Å²) in [5.41, 5.74) is 4.61. The van der Waals surface area contributed by atoms with Crippen molar-refractivity contribution in [1.29, 1.82) is 5.26 Å². The van der Waals surface area contributed by atoms with Crippen LogP contribution in [0.25, 0.3) is 21.7 Å². The number of non-ortho nitro benzene ring substituents is 1. The summed E-state index contributed by atoms with van der Waals surface area (Å²) in [5, 5.41) is 26.7. The molecule has 1 aromatic heterocycles. The lowest BCUT2D eigenvalue weighted by atomic mass is 10.0. The van der Waals surface area contributed by atoms with Gasteiger partial charge in [0.2, 0.25) is 0 Å². The number of hydrogen-bond acceptors (Lipinski definition) is 7. The molecule has 9 nitrogen and oxygen atoms in total. The fourth-order valence-corrected chi connectivity index (χ4v) is 3.91. The number of ether oxygens (including phenoxy) is 1. The summed E-state index contributed by atoms with van der Waals surface area (Å²) in [4.78, 5) is 23.1. The zero-order valence-electron chi connectivity index (χ0n) is 19.3. The van der Waals surface area contributed by atoms with Crippen molar-refractivity contribution in [3.63, 3.8) is 0 Å². The van der Waals surface area contributed by atoms with Crippen LogP contribution < -0.4 is 10.2 Å². The van der Waals surface area contributed by atoms with E-state index in [1.54, 1.807) is 12.1 Å². The fourth-order valence-electron chi connectivity index (χ4n) is 3.91. The Hall–Kier alpha value is -5.49. The van der Waals surface area contributed by atoms with Gasteiger partial charge in [-0.25, -0.2) is 5.43 Å². The predicted octanol–water partition coefficient (Wildman–Crippen LogP) is 5.71. The molecule has 0 aliphatic rings. The SMILES string of the molecule is N#Cc1ccccc1COc1ccc2ccccc2c1/C=N/NC(=O)c1cc2cc([N+](=O)[O-])ccc2o1. The molecule has 180 valence electrons. The van der Waals surface area contributed by atoms with Crippen LogP contribution in [0.2, 0.25) is 0 Å². The molecule has 1 N–H and O–H groups in total. The smallest absolute Gasteiger partial charge is 0.307 e. The molecule has 0 saturated carbocycles. The molecular formula is C28H18N4O5. The van der Waals surface area contributed by atoms with E-state index < -0.39 is 10.8 Å². The summed E-state index contributed by atoms with van der Waals surface area (Å²) in [7, 11) is 0. The largest absolute Gasteiger partial charge is 0.488 e. The van der Waals surface area contributed by atoms with E-state index in [1.807, 2.05) is 48.5 Å². The number of carbonyl (C=O) groups excluding carboxylic acids is 1. The van der Waals surface area contributed by atoms with E-state index in [0.29, 0.717) is 27.8 Å². The van der Waals surface area contributed by atoms with Gasteiger partial charge in [0, 0.05) is 28.6 Å². The molecule has 37 heavy (non-hydrogen) atoms. The summed E-state index contributed by atoms with van der Waals surface area (Å²) in [6, 6.07) is 26.3. The van der Waals surface area contributed by atoms with Gasteiger partial charge in [-0.15, -0.1) is 0 Å². The minimum Gasteiger partial charge on any atom is -0.488 e. The van der Waals surface area contributed by atoms with Gasteiger partial charge >= 0.3 is 5.91 Å². The lowest BCUT2D eigenvalue weighted by molar-refractivity contribution is -0.384. The number of nitro groups is 1. The highest BCUT2D eigenvalue weighted by Gasteiger charge is 2.15. The Morgan fingerprint density at radius 3 is 2.70 bits per heavy atom. The third-order valence-corrected chi connectivity index (χ3v) is 5.75. The molecule has 0 radical (unpaired) electrons. The van der Waals surface area contributed by atoms with Gasteiger partial charge in [0.15, 0.2) is 5.76 Å². The van der Waals surface area contributed by atoms with Crippen molar-refractivity contribution < 1.29 is 18.9 Å². The number of fused-ring (bicyclic) bond motifs is 2. The Morgan fingerprint density at radius 2 is 1.86 bits per heavy atom. The van der Waals surface area contributed by atoms with E-state index in [1.165, 1.54) is 30.5 Å².